The summed E-state index contributed by atoms with van der Waals surface area (Å²) in [5, 5.41) is 0. The fraction of sp³-hybridized carbons (Fsp3) is 0.600. The maximum absolute atomic E-state index is 13.7. The zero-order chi connectivity index (χ0) is 12.4. The molecule has 0 saturated heterocycles. The lowest BCUT2D eigenvalue weighted by Crippen LogP contribution is -2.14. The van der Waals surface area contributed by atoms with Gasteiger partial charge in [0.2, 0.25) is 0 Å². The second-order valence-electron chi connectivity index (χ2n) is 5.25. The molecule has 1 saturated carbocycles. The summed E-state index contributed by atoms with van der Waals surface area (Å²) in [6, 6.07) is 3.07. The molecule has 0 bridgehead atoms. The molecule has 1 fully saturated rings. The normalized spacial score (nSPS) is 24.9. The van der Waals surface area contributed by atoms with Gasteiger partial charge in [0, 0.05) is 0 Å². The Morgan fingerprint density at radius 1 is 1.24 bits per heavy atom. The number of hydrogen-bond donors (Lipinski definition) is 0. The minimum Gasteiger partial charge on any atom is -0.204 e. The maximum Gasteiger partial charge on any atom is 0.162 e. The predicted octanol–water partition coefficient (Wildman–Crippen LogP) is 4.82. The van der Waals surface area contributed by atoms with Gasteiger partial charge in [-0.3, -0.25) is 0 Å². The van der Waals surface area contributed by atoms with Gasteiger partial charge in [-0.2, -0.15) is 0 Å². The highest BCUT2D eigenvalue weighted by atomic mass is 19.2. The van der Waals surface area contributed by atoms with Crippen molar-refractivity contribution in [3.63, 3.8) is 0 Å². The van der Waals surface area contributed by atoms with Crippen molar-refractivity contribution < 1.29 is 8.78 Å². The molecule has 0 radical (unpaired) electrons. The van der Waals surface area contributed by atoms with E-state index in [2.05, 4.69) is 6.92 Å². The van der Waals surface area contributed by atoms with Crippen molar-refractivity contribution in [3.05, 3.63) is 34.9 Å². The van der Waals surface area contributed by atoms with Crippen molar-refractivity contribution in [1.29, 1.82) is 0 Å². The molecule has 2 heteroatoms. The van der Waals surface area contributed by atoms with E-state index in [1.165, 1.54) is 18.9 Å². The highest BCUT2D eigenvalue weighted by Gasteiger charge is 2.24. The summed E-state index contributed by atoms with van der Waals surface area (Å²) in [7, 11) is 0. The lowest BCUT2D eigenvalue weighted by molar-refractivity contribution is 0.341. The fourth-order valence-electron chi connectivity index (χ4n) is 3.07. The van der Waals surface area contributed by atoms with Gasteiger partial charge in [0.15, 0.2) is 11.6 Å². The van der Waals surface area contributed by atoms with Gasteiger partial charge in [-0.05, 0) is 48.3 Å². The number of halogens is 2. The van der Waals surface area contributed by atoms with Crippen molar-refractivity contribution in [1.82, 2.24) is 0 Å². The summed E-state index contributed by atoms with van der Waals surface area (Å²) in [6.07, 6.45) is 5.26. The minimum absolute atomic E-state index is 0.420. The molecule has 2 rings (SSSR count). The second-order valence-corrected chi connectivity index (χ2v) is 5.25. The van der Waals surface area contributed by atoms with Crippen LogP contribution in [0, 0.1) is 17.6 Å². The van der Waals surface area contributed by atoms with Gasteiger partial charge in [-0.25, -0.2) is 8.78 Å². The number of benzene rings is 1. The minimum atomic E-state index is -0.713. The SMILES string of the molecule is CCc1c(C2CCCC(C)C2)ccc(F)c1F. The van der Waals surface area contributed by atoms with Crippen LogP contribution < -0.4 is 0 Å². The Hall–Kier alpha value is -0.920. The molecule has 0 N–H and O–H groups in total. The predicted molar refractivity (Wildman–Crippen MR) is 66.1 cm³/mol. The molecule has 1 aliphatic carbocycles. The van der Waals surface area contributed by atoms with Crippen LogP contribution in [0.5, 0.6) is 0 Å². The summed E-state index contributed by atoms with van der Waals surface area (Å²) in [5.74, 6) is -0.229. The Morgan fingerprint density at radius 2 is 2.00 bits per heavy atom. The lowest BCUT2D eigenvalue weighted by Gasteiger charge is -2.28. The van der Waals surface area contributed by atoms with Crippen LogP contribution in [-0.4, -0.2) is 0 Å². The van der Waals surface area contributed by atoms with Crippen LogP contribution in [-0.2, 0) is 6.42 Å². The average Bonchev–Trinajstić information content (AvgIpc) is 2.32. The van der Waals surface area contributed by atoms with Crippen molar-refractivity contribution >= 4 is 0 Å². The van der Waals surface area contributed by atoms with E-state index in [0.717, 1.165) is 18.4 Å². The van der Waals surface area contributed by atoms with E-state index in [-0.39, 0.29) is 0 Å². The first-order valence-electron chi connectivity index (χ1n) is 6.60. The molecule has 1 aromatic rings. The topological polar surface area (TPSA) is 0 Å². The highest BCUT2D eigenvalue weighted by molar-refractivity contribution is 5.33. The number of rotatable bonds is 2. The molecule has 0 heterocycles. The molecule has 0 spiro atoms. The molecular weight excluding hydrogens is 218 g/mol. The van der Waals surface area contributed by atoms with Crippen LogP contribution in [0.2, 0.25) is 0 Å². The van der Waals surface area contributed by atoms with E-state index >= 15 is 0 Å². The van der Waals surface area contributed by atoms with E-state index in [0.29, 0.717) is 23.8 Å². The van der Waals surface area contributed by atoms with Crippen molar-refractivity contribution in [2.45, 2.75) is 51.9 Å². The summed E-state index contributed by atoms with van der Waals surface area (Å²) < 4.78 is 27.0. The monoisotopic (exact) mass is 238 g/mol. The quantitative estimate of drug-likeness (QED) is 0.693. The van der Waals surface area contributed by atoms with Gasteiger partial charge >= 0.3 is 0 Å². The molecule has 94 valence electrons. The molecule has 0 aromatic heterocycles. The molecule has 17 heavy (non-hydrogen) atoms. The zero-order valence-electron chi connectivity index (χ0n) is 10.6. The fourth-order valence-corrected chi connectivity index (χ4v) is 3.07. The summed E-state index contributed by atoms with van der Waals surface area (Å²) in [5.41, 5.74) is 1.63. The third-order valence-corrected chi connectivity index (χ3v) is 3.96. The average molecular weight is 238 g/mol. The Bertz CT molecular complexity index is 398. The first-order chi connectivity index (χ1) is 8.13. The van der Waals surface area contributed by atoms with Crippen LogP contribution in [0.3, 0.4) is 0 Å². The Labute approximate surface area is 102 Å². The molecule has 1 aliphatic rings. The van der Waals surface area contributed by atoms with E-state index in [1.54, 1.807) is 6.07 Å². The molecule has 2 atom stereocenters. The van der Waals surface area contributed by atoms with E-state index in [1.807, 2.05) is 6.92 Å². The van der Waals surface area contributed by atoms with Gasteiger partial charge in [-0.1, -0.05) is 32.8 Å². The molecular formula is C15H20F2. The number of hydrogen-bond acceptors (Lipinski definition) is 0. The molecule has 0 aliphatic heterocycles. The van der Waals surface area contributed by atoms with Gasteiger partial charge in [0.05, 0.1) is 0 Å². The summed E-state index contributed by atoms with van der Waals surface area (Å²) in [6.45, 7) is 4.14. The molecule has 0 nitrogen and oxygen atoms in total. The second kappa shape index (κ2) is 5.16. The first kappa shape index (κ1) is 12.5. The smallest absolute Gasteiger partial charge is 0.162 e. The van der Waals surface area contributed by atoms with Crippen molar-refractivity contribution in [2.75, 3.05) is 0 Å². The Balaban J connectivity index is 2.34. The highest BCUT2D eigenvalue weighted by Crippen LogP contribution is 2.38. The molecule has 0 amide bonds. The van der Waals surface area contributed by atoms with Gasteiger partial charge in [-0.15, -0.1) is 0 Å². The van der Waals surface area contributed by atoms with Crippen LogP contribution in [0.15, 0.2) is 12.1 Å². The first-order valence-corrected chi connectivity index (χ1v) is 6.60. The van der Waals surface area contributed by atoms with Gasteiger partial charge in [0.25, 0.3) is 0 Å². The van der Waals surface area contributed by atoms with Crippen molar-refractivity contribution in [2.24, 2.45) is 5.92 Å². The van der Waals surface area contributed by atoms with Gasteiger partial charge in [0.1, 0.15) is 0 Å². The van der Waals surface area contributed by atoms with Crippen LogP contribution >= 0.6 is 0 Å². The molecule has 1 aromatic carbocycles. The third-order valence-electron chi connectivity index (χ3n) is 3.96. The molecule has 2 unspecified atom stereocenters. The zero-order valence-corrected chi connectivity index (χ0v) is 10.6. The summed E-state index contributed by atoms with van der Waals surface area (Å²) >= 11 is 0. The summed E-state index contributed by atoms with van der Waals surface area (Å²) in [4.78, 5) is 0. The Morgan fingerprint density at radius 3 is 2.65 bits per heavy atom. The van der Waals surface area contributed by atoms with E-state index < -0.39 is 11.6 Å². The van der Waals surface area contributed by atoms with Crippen molar-refractivity contribution in [3.8, 4) is 0 Å². The van der Waals surface area contributed by atoms with Gasteiger partial charge < -0.3 is 0 Å². The Kier molecular flexibility index (Phi) is 3.80. The van der Waals surface area contributed by atoms with Crippen LogP contribution in [0.1, 0.15) is 56.6 Å². The van der Waals surface area contributed by atoms with E-state index in [4.69, 9.17) is 0 Å². The maximum atomic E-state index is 13.7. The van der Waals surface area contributed by atoms with Crippen LogP contribution in [0.4, 0.5) is 8.78 Å². The third kappa shape index (κ3) is 2.51. The van der Waals surface area contributed by atoms with E-state index in [9.17, 15) is 8.78 Å². The van der Waals surface area contributed by atoms with Crippen LogP contribution in [0.25, 0.3) is 0 Å². The largest absolute Gasteiger partial charge is 0.204 e. The lowest BCUT2D eigenvalue weighted by atomic mass is 9.77. The standard InChI is InChI=1S/C15H20F2/c1-3-12-13(7-8-14(16)15(12)17)11-6-4-5-10(2)9-11/h7-8,10-11H,3-6,9H2,1-2H3.